The molecule has 88 valence electrons. The van der Waals surface area contributed by atoms with Gasteiger partial charge in [-0.15, -0.1) is 0 Å². The van der Waals surface area contributed by atoms with Crippen LogP contribution >= 0.6 is 0 Å². The fourth-order valence-electron chi connectivity index (χ4n) is 1.24. The molecule has 0 saturated heterocycles. The summed E-state index contributed by atoms with van der Waals surface area (Å²) in [6, 6.07) is 3.03. The second kappa shape index (κ2) is 4.52. The van der Waals surface area contributed by atoms with Gasteiger partial charge in [-0.2, -0.15) is 13.2 Å². The van der Waals surface area contributed by atoms with Crippen molar-refractivity contribution in [2.24, 2.45) is 5.73 Å². The van der Waals surface area contributed by atoms with Crippen LogP contribution in [0.2, 0.25) is 0 Å². The molecule has 0 aliphatic carbocycles. The zero-order valence-corrected chi connectivity index (χ0v) is 8.41. The second-order valence-corrected chi connectivity index (χ2v) is 3.10. The third kappa shape index (κ3) is 2.52. The molecule has 0 bridgehead atoms. The van der Waals surface area contributed by atoms with Crippen molar-refractivity contribution in [3.63, 3.8) is 0 Å². The van der Waals surface area contributed by atoms with E-state index in [4.69, 9.17) is 5.73 Å². The number of ether oxygens (including phenoxy) is 1. The number of carbonyl (C=O) groups excluding carboxylic acids is 1. The molecular weight excluding hydrogens is 223 g/mol. The summed E-state index contributed by atoms with van der Waals surface area (Å²) in [6.45, 7) is 0. The van der Waals surface area contributed by atoms with Crippen LogP contribution in [0.4, 0.5) is 13.2 Å². The quantitative estimate of drug-likeness (QED) is 0.795. The maximum absolute atomic E-state index is 12.4. The third-order valence-electron chi connectivity index (χ3n) is 2.05. The van der Waals surface area contributed by atoms with E-state index in [2.05, 4.69) is 4.74 Å². The van der Waals surface area contributed by atoms with Gasteiger partial charge in [-0.25, -0.2) is 4.79 Å². The zero-order valence-electron chi connectivity index (χ0n) is 8.41. The Morgan fingerprint density at radius 1 is 1.38 bits per heavy atom. The number of alkyl halides is 3. The van der Waals surface area contributed by atoms with Crippen molar-refractivity contribution >= 4 is 5.97 Å². The highest BCUT2D eigenvalue weighted by Gasteiger charge is 2.39. The van der Waals surface area contributed by atoms with Crippen LogP contribution in [0, 0.1) is 0 Å². The maximum atomic E-state index is 12.4. The highest BCUT2D eigenvalue weighted by atomic mass is 19.4. The fourth-order valence-corrected chi connectivity index (χ4v) is 1.24. The Labute approximate surface area is 90.0 Å². The minimum absolute atomic E-state index is 0.171. The number of hydrogen-bond donors (Lipinski definition) is 1. The predicted octanol–water partition coefficient (Wildman–Crippen LogP) is 2.04. The van der Waals surface area contributed by atoms with E-state index in [9.17, 15) is 18.0 Å². The van der Waals surface area contributed by atoms with Crippen molar-refractivity contribution in [2.75, 3.05) is 7.11 Å². The van der Waals surface area contributed by atoms with Crippen LogP contribution in [-0.2, 0) is 4.74 Å². The van der Waals surface area contributed by atoms with E-state index in [-0.39, 0.29) is 11.1 Å². The Hall–Kier alpha value is -1.56. The van der Waals surface area contributed by atoms with E-state index in [0.717, 1.165) is 13.2 Å². The first-order valence-electron chi connectivity index (χ1n) is 4.37. The van der Waals surface area contributed by atoms with Gasteiger partial charge in [0.2, 0.25) is 0 Å². The van der Waals surface area contributed by atoms with Crippen molar-refractivity contribution in [3.8, 4) is 0 Å². The first-order valence-corrected chi connectivity index (χ1v) is 4.37. The summed E-state index contributed by atoms with van der Waals surface area (Å²) in [5.74, 6) is -0.838. The van der Waals surface area contributed by atoms with Gasteiger partial charge < -0.3 is 10.5 Å². The maximum Gasteiger partial charge on any atom is 0.407 e. The number of esters is 1. The summed E-state index contributed by atoms with van der Waals surface area (Å²) in [5, 5.41) is 0. The van der Waals surface area contributed by atoms with Crippen LogP contribution in [0.15, 0.2) is 24.3 Å². The lowest BCUT2D eigenvalue weighted by Crippen LogP contribution is -2.30. The van der Waals surface area contributed by atoms with Crippen LogP contribution in [0.3, 0.4) is 0 Å². The molecule has 0 saturated carbocycles. The summed E-state index contributed by atoms with van der Waals surface area (Å²) >= 11 is 0. The lowest BCUT2D eigenvalue weighted by Gasteiger charge is -2.18. The van der Waals surface area contributed by atoms with Gasteiger partial charge in [0.15, 0.2) is 0 Å². The molecule has 0 heterocycles. The number of methoxy groups -OCH3 is 1. The van der Waals surface area contributed by atoms with E-state index in [1.54, 1.807) is 0 Å². The topological polar surface area (TPSA) is 52.3 Å². The Morgan fingerprint density at radius 2 is 1.94 bits per heavy atom. The molecule has 1 aromatic rings. The molecule has 0 aliphatic heterocycles. The van der Waals surface area contributed by atoms with Crippen LogP contribution in [0.1, 0.15) is 22.0 Å². The van der Waals surface area contributed by atoms with E-state index >= 15 is 0 Å². The minimum atomic E-state index is -4.59. The first kappa shape index (κ1) is 12.5. The standard InChI is InChI=1S/C10H10F3NO2/c1-16-9(15)7-5-3-2-4-6(7)8(14)10(11,12)13/h2-5,8H,14H2,1H3/t8-/m1/s1. The summed E-state index contributed by atoms with van der Waals surface area (Å²) in [5.41, 5.74) is 4.57. The smallest absolute Gasteiger partial charge is 0.407 e. The lowest BCUT2D eigenvalue weighted by atomic mass is 10.0. The number of rotatable bonds is 2. The number of nitrogens with two attached hydrogens (primary N) is 1. The van der Waals surface area contributed by atoms with Crippen molar-refractivity contribution in [3.05, 3.63) is 35.4 Å². The SMILES string of the molecule is COC(=O)c1ccccc1[C@@H](N)C(F)(F)F. The summed E-state index contributed by atoms with van der Waals surface area (Å²) < 4.78 is 41.6. The van der Waals surface area contributed by atoms with E-state index < -0.39 is 18.2 Å². The average molecular weight is 233 g/mol. The highest BCUT2D eigenvalue weighted by Crippen LogP contribution is 2.32. The third-order valence-corrected chi connectivity index (χ3v) is 2.05. The normalized spacial score (nSPS) is 13.3. The molecule has 0 amide bonds. The van der Waals surface area contributed by atoms with Gasteiger partial charge in [0, 0.05) is 0 Å². The van der Waals surface area contributed by atoms with Gasteiger partial charge in [-0.1, -0.05) is 18.2 Å². The highest BCUT2D eigenvalue weighted by molar-refractivity contribution is 5.91. The van der Waals surface area contributed by atoms with Crippen molar-refractivity contribution in [2.45, 2.75) is 12.2 Å². The summed E-state index contributed by atoms with van der Waals surface area (Å²) in [6.07, 6.45) is -4.59. The minimum Gasteiger partial charge on any atom is -0.465 e. The molecule has 3 nitrogen and oxygen atoms in total. The summed E-state index contributed by atoms with van der Waals surface area (Å²) in [4.78, 5) is 11.2. The van der Waals surface area contributed by atoms with Crippen molar-refractivity contribution in [1.82, 2.24) is 0 Å². The molecule has 0 aromatic heterocycles. The average Bonchev–Trinajstić information content (AvgIpc) is 2.25. The molecule has 16 heavy (non-hydrogen) atoms. The van der Waals surface area contributed by atoms with Gasteiger partial charge in [-0.3, -0.25) is 0 Å². The molecule has 0 fully saturated rings. The van der Waals surface area contributed by atoms with Crippen LogP contribution < -0.4 is 5.73 Å². The molecule has 2 N–H and O–H groups in total. The van der Waals surface area contributed by atoms with Crippen LogP contribution in [0.25, 0.3) is 0 Å². The second-order valence-electron chi connectivity index (χ2n) is 3.10. The molecule has 1 atom stereocenters. The predicted molar refractivity (Wildman–Crippen MR) is 50.8 cm³/mol. The zero-order chi connectivity index (χ0) is 12.3. The molecule has 1 aromatic carbocycles. The van der Waals surface area contributed by atoms with Gasteiger partial charge in [0.1, 0.15) is 6.04 Å². The molecule has 0 spiro atoms. The Bertz CT molecular complexity index is 390. The Kier molecular flexibility index (Phi) is 3.54. The Morgan fingerprint density at radius 3 is 2.44 bits per heavy atom. The molecule has 0 radical (unpaired) electrons. The van der Waals surface area contributed by atoms with Crippen molar-refractivity contribution in [1.29, 1.82) is 0 Å². The van der Waals surface area contributed by atoms with Crippen LogP contribution in [0.5, 0.6) is 0 Å². The molecule has 0 unspecified atom stereocenters. The summed E-state index contributed by atoms with van der Waals surface area (Å²) in [7, 11) is 1.10. The number of hydrogen-bond acceptors (Lipinski definition) is 3. The molecule has 6 heteroatoms. The number of carbonyl (C=O) groups is 1. The van der Waals surface area contributed by atoms with Gasteiger partial charge in [0.05, 0.1) is 12.7 Å². The largest absolute Gasteiger partial charge is 0.465 e. The number of halogens is 3. The lowest BCUT2D eigenvalue weighted by molar-refractivity contribution is -0.149. The first-order chi connectivity index (χ1) is 7.38. The number of benzene rings is 1. The van der Waals surface area contributed by atoms with E-state index in [1.807, 2.05) is 0 Å². The molecule has 0 aliphatic rings. The van der Waals surface area contributed by atoms with E-state index in [0.29, 0.717) is 0 Å². The van der Waals surface area contributed by atoms with Gasteiger partial charge in [0.25, 0.3) is 0 Å². The van der Waals surface area contributed by atoms with E-state index in [1.165, 1.54) is 18.2 Å². The monoisotopic (exact) mass is 233 g/mol. The fraction of sp³-hybridized carbons (Fsp3) is 0.300. The van der Waals surface area contributed by atoms with Gasteiger partial charge in [-0.05, 0) is 11.6 Å². The molecular formula is C10H10F3NO2. The van der Waals surface area contributed by atoms with Crippen LogP contribution in [-0.4, -0.2) is 19.3 Å². The Balaban J connectivity index is 3.18. The van der Waals surface area contributed by atoms with Gasteiger partial charge >= 0.3 is 12.1 Å². The van der Waals surface area contributed by atoms with Crippen molar-refractivity contribution < 1.29 is 22.7 Å². The molecule has 1 rings (SSSR count).